The molecule has 1 fully saturated rings. The molecule has 4 rings (SSSR count). The van der Waals surface area contributed by atoms with Crippen molar-refractivity contribution in [1.29, 1.82) is 0 Å². The van der Waals surface area contributed by atoms with E-state index in [-0.39, 0.29) is 17.9 Å². The fourth-order valence-corrected chi connectivity index (χ4v) is 4.24. The smallest absolute Gasteiger partial charge is 0.260 e. The lowest BCUT2D eigenvalue weighted by atomic mass is 9.85. The van der Waals surface area contributed by atoms with Gasteiger partial charge < -0.3 is 14.5 Å². The summed E-state index contributed by atoms with van der Waals surface area (Å²) in [6, 6.07) is 8.34. The minimum Gasteiger partial charge on any atom is -0.483 e. The number of aromatic nitrogens is 2. The average Bonchev–Trinajstić information content (AvgIpc) is 3.20. The second kappa shape index (κ2) is 8.25. The summed E-state index contributed by atoms with van der Waals surface area (Å²) in [6.45, 7) is 11.6. The Morgan fingerprint density at radius 1 is 1.07 bits per heavy atom. The average molecular weight is 409 g/mol. The zero-order valence-corrected chi connectivity index (χ0v) is 18.6. The van der Waals surface area contributed by atoms with E-state index < -0.39 is 0 Å². The van der Waals surface area contributed by atoms with Gasteiger partial charge in [0.1, 0.15) is 5.75 Å². The topological polar surface area (TPSA) is 58.6 Å². The summed E-state index contributed by atoms with van der Waals surface area (Å²) in [6.07, 6.45) is 3.32. The summed E-state index contributed by atoms with van der Waals surface area (Å²) >= 11 is 0. The number of benzene rings is 1. The number of nitrogens with zero attached hydrogens (tertiary/aromatic N) is 4. The van der Waals surface area contributed by atoms with Gasteiger partial charge in [0, 0.05) is 26.2 Å². The number of amides is 1. The van der Waals surface area contributed by atoms with E-state index in [9.17, 15) is 4.79 Å². The first-order valence-electron chi connectivity index (χ1n) is 10.9. The van der Waals surface area contributed by atoms with Gasteiger partial charge in [-0.2, -0.15) is 5.10 Å². The van der Waals surface area contributed by atoms with Crippen LogP contribution < -0.4 is 9.64 Å². The van der Waals surface area contributed by atoms with E-state index in [1.807, 2.05) is 17.0 Å². The highest BCUT2D eigenvalue weighted by Crippen LogP contribution is 2.32. The first kappa shape index (κ1) is 20.6. The summed E-state index contributed by atoms with van der Waals surface area (Å²) < 4.78 is 5.97. The molecule has 1 amide bonds. The molecular weight excluding hydrogens is 376 g/mol. The van der Waals surface area contributed by atoms with Crippen molar-refractivity contribution in [3.63, 3.8) is 0 Å². The van der Waals surface area contributed by atoms with E-state index in [1.165, 1.54) is 17.5 Å². The van der Waals surface area contributed by atoms with E-state index in [1.54, 1.807) is 0 Å². The van der Waals surface area contributed by atoms with Crippen LogP contribution in [0.2, 0.25) is 0 Å². The fourth-order valence-electron chi connectivity index (χ4n) is 4.24. The van der Waals surface area contributed by atoms with Crippen LogP contribution in [0.5, 0.6) is 5.75 Å². The van der Waals surface area contributed by atoms with Crippen molar-refractivity contribution in [1.82, 2.24) is 15.1 Å². The van der Waals surface area contributed by atoms with E-state index in [0.29, 0.717) is 13.1 Å². The quantitative estimate of drug-likeness (QED) is 0.777. The van der Waals surface area contributed by atoms with Crippen molar-refractivity contribution in [3.05, 3.63) is 46.6 Å². The van der Waals surface area contributed by atoms with Crippen LogP contribution in [0.4, 0.5) is 5.82 Å². The number of rotatable bonds is 4. The van der Waals surface area contributed by atoms with Crippen LogP contribution in [0.15, 0.2) is 24.3 Å². The van der Waals surface area contributed by atoms with E-state index in [2.05, 4.69) is 54.9 Å². The number of aryl methyl sites for hydroxylation is 3. The highest BCUT2D eigenvalue weighted by atomic mass is 16.5. The Morgan fingerprint density at radius 3 is 2.57 bits per heavy atom. The molecule has 6 heteroatoms. The zero-order chi connectivity index (χ0) is 21.3. The number of hydrogen-bond acceptors (Lipinski definition) is 5. The Hall–Kier alpha value is -2.63. The highest BCUT2D eigenvalue weighted by molar-refractivity contribution is 5.78. The molecule has 2 aliphatic rings. The van der Waals surface area contributed by atoms with E-state index >= 15 is 0 Å². The van der Waals surface area contributed by atoms with Gasteiger partial charge in [0.05, 0.1) is 5.69 Å². The molecule has 0 saturated carbocycles. The first-order valence-corrected chi connectivity index (χ1v) is 10.9. The molecule has 6 nitrogen and oxygen atoms in total. The Labute approximate surface area is 179 Å². The molecule has 0 N–H and O–H groups in total. The largest absolute Gasteiger partial charge is 0.483 e. The number of carbonyl (C=O) groups is 1. The van der Waals surface area contributed by atoms with Crippen molar-refractivity contribution in [2.75, 3.05) is 37.7 Å². The third-order valence-electron chi connectivity index (χ3n) is 6.06. The Morgan fingerprint density at radius 2 is 1.83 bits per heavy atom. The fraction of sp³-hybridized carbons (Fsp3) is 0.542. The van der Waals surface area contributed by atoms with E-state index in [0.717, 1.165) is 48.8 Å². The van der Waals surface area contributed by atoms with Gasteiger partial charge in [-0.25, -0.2) is 0 Å². The van der Waals surface area contributed by atoms with Gasteiger partial charge in [0.25, 0.3) is 5.91 Å². The highest BCUT2D eigenvalue weighted by Gasteiger charge is 2.25. The second-order valence-electron chi connectivity index (χ2n) is 9.43. The normalized spacial score (nSPS) is 16.5. The molecule has 0 unspecified atom stereocenters. The second-order valence-corrected chi connectivity index (χ2v) is 9.43. The SMILES string of the molecule is Cc1ccc(OCC(=O)N2CCN(c3cc4c(nn3)CCC4)CC2)c(C(C)(C)C)c1. The molecule has 2 aromatic rings. The van der Waals surface area contributed by atoms with Crippen LogP contribution in [-0.2, 0) is 23.1 Å². The number of piperazine rings is 1. The summed E-state index contributed by atoms with van der Waals surface area (Å²) in [5.41, 5.74) is 4.78. The third kappa shape index (κ3) is 4.42. The van der Waals surface area contributed by atoms with Crippen molar-refractivity contribution in [2.24, 2.45) is 0 Å². The first-order chi connectivity index (χ1) is 14.3. The molecule has 0 atom stereocenters. The molecule has 1 aromatic heterocycles. The molecule has 0 spiro atoms. The molecule has 160 valence electrons. The van der Waals surface area contributed by atoms with Crippen LogP contribution in [0.1, 0.15) is 49.6 Å². The van der Waals surface area contributed by atoms with Crippen LogP contribution in [-0.4, -0.2) is 53.8 Å². The zero-order valence-electron chi connectivity index (χ0n) is 18.6. The van der Waals surface area contributed by atoms with Gasteiger partial charge >= 0.3 is 0 Å². The molecule has 1 aliphatic carbocycles. The maximum atomic E-state index is 12.8. The Bertz CT molecular complexity index is 927. The molecule has 30 heavy (non-hydrogen) atoms. The maximum absolute atomic E-state index is 12.8. The van der Waals surface area contributed by atoms with E-state index in [4.69, 9.17) is 4.74 Å². The van der Waals surface area contributed by atoms with Gasteiger partial charge in [-0.15, -0.1) is 5.10 Å². The van der Waals surface area contributed by atoms with Gasteiger partial charge in [-0.3, -0.25) is 4.79 Å². The number of ether oxygens (including phenoxy) is 1. The van der Waals surface area contributed by atoms with Crippen LogP contribution >= 0.6 is 0 Å². The van der Waals surface area contributed by atoms with Crippen molar-refractivity contribution in [3.8, 4) is 5.75 Å². The van der Waals surface area contributed by atoms with Crippen molar-refractivity contribution >= 4 is 11.7 Å². The van der Waals surface area contributed by atoms with Gasteiger partial charge in [0.15, 0.2) is 12.4 Å². The number of anilines is 1. The molecule has 0 bridgehead atoms. The molecule has 0 radical (unpaired) electrons. The third-order valence-corrected chi connectivity index (χ3v) is 6.06. The number of carbonyl (C=O) groups excluding carboxylic acids is 1. The minimum absolute atomic E-state index is 0.0348. The van der Waals surface area contributed by atoms with Crippen molar-refractivity contribution < 1.29 is 9.53 Å². The van der Waals surface area contributed by atoms with Gasteiger partial charge in [-0.05, 0) is 54.9 Å². The Balaban J connectivity index is 1.33. The lowest BCUT2D eigenvalue weighted by Gasteiger charge is -2.35. The van der Waals surface area contributed by atoms with Gasteiger partial charge in [0.2, 0.25) is 0 Å². The van der Waals surface area contributed by atoms with Crippen LogP contribution in [0.25, 0.3) is 0 Å². The summed E-state index contributed by atoms with van der Waals surface area (Å²) in [5, 5.41) is 8.80. The Kier molecular flexibility index (Phi) is 5.67. The monoisotopic (exact) mass is 408 g/mol. The molecule has 2 heterocycles. The summed E-state index contributed by atoms with van der Waals surface area (Å²) in [5.74, 6) is 1.78. The predicted octanol–water partition coefficient (Wildman–Crippen LogP) is 3.30. The van der Waals surface area contributed by atoms with Crippen LogP contribution in [0.3, 0.4) is 0 Å². The van der Waals surface area contributed by atoms with Crippen molar-refractivity contribution in [2.45, 2.75) is 52.4 Å². The standard InChI is InChI=1S/C24H32N4O2/c1-17-8-9-21(19(14-17)24(2,3)4)30-16-23(29)28-12-10-27(11-13-28)22-15-18-6-5-7-20(18)25-26-22/h8-9,14-15H,5-7,10-13,16H2,1-4H3. The minimum atomic E-state index is -0.0348. The number of fused-ring (bicyclic) bond motifs is 1. The molecule has 1 saturated heterocycles. The molecule has 1 aliphatic heterocycles. The number of hydrogen-bond donors (Lipinski definition) is 0. The lowest BCUT2D eigenvalue weighted by Crippen LogP contribution is -2.50. The summed E-state index contributed by atoms with van der Waals surface area (Å²) in [4.78, 5) is 16.9. The maximum Gasteiger partial charge on any atom is 0.260 e. The summed E-state index contributed by atoms with van der Waals surface area (Å²) in [7, 11) is 0. The predicted molar refractivity (Wildman–Crippen MR) is 118 cm³/mol. The lowest BCUT2D eigenvalue weighted by molar-refractivity contribution is -0.133. The molecular formula is C24H32N4O2. The molecule has 1 aromatic carbocycles. The van der Waals surface area contributed by atoms with Crippen LogP contribution in [0, 0.1) is 6.92 Å². The van der Waals surface area contributed by atoms with Gasteiger partial charge in [-0.1, -0.05) is 38.5 Å².